The molecule has 1 nitrogen and oxygen atoms in total. The van der Waals surface area contributed by atoms with Gasteiger partial charge in [0.15, 0.2) is 0 Å². The maximum Gasteiger partial charge on any atom is 0.146 e. The van der Waals surface area contributed by atoms with Gasteiger partial charge in [-0.15, -0.1) is 0 Å². The highest BCUT2D eigenvalue weighted by Gasteiger charge is 2.32. The second-order valence-corrected chi connectivity index (χ2v) is 5.61. The first-order valence-corrected chi connectivity index (χ1v) is 6.72. The minimum Gasteiger partial charge on any atom is -0.385 e. The third kappa shape index (κ3) is 2.88. The van der Waals surface area contributed by atoms with Crippen molar-refractivity contribution in [2.45, 2.75) is 18.9 Å². The molecule has 1 unspecified atom stereocenters. The second kappa shape index (κ2) is 5.58. The van der Waals surface area contributed by atoms with E-state index in [0.29, 0.717) is 0 Å². The van der Waals surface area contributed by atoms with Gasteiger partial charge in [0.1, 0.15) is 17.5 Å². The summed E-state index contributed by atoms with van der Waals surface area (Å²) in [5.74, 6) is -2.28. The van der Waals surface area contributed by atoms with Crippen LogP contribution in [0.2, 0.25) is 0 Å². The molecule has 2 aromatic carbocycles. The standard InChI is InChI=1S/C15H12BrF3O/c1-15(20,8-9-4-2-3-5-11(9)17)13-12(18)7-6-10(16)14(13)19/h2-7,20H,8H2,1H3. The lowest BCUT2D eigenvalue weighted by Gasteiger charge is -2.25. The molecule has 0 saturated heterocycles. The van der Waals surface area contributed by atoms with Crippen LogP contribution < -0.4 is 0 Å². The molecule has 0 spiro atoms. The van der Waals surface area contributed by atoms with Crippen LogP contribution in [-0.2, 0) is 12.0 Å². The molecule has 0 radical (unpaired) electrons. The maximum atomic E-state index is 14.0. The van der Waals surface area contributed by atoms with E-state index in [0.717, 1.165) is 6.07 Å². The molecule has 1 N–H and O–H groups in total. The van der Waals surface area contributed by atoms with Crippen LogP contribution in [-0.4, -0.2) is 5.11 Å². The zero-order valence-electron chi connectivity index (χ0n) is 10.6. The molecule has 5 heteroatoms. The monoisotopic (exact) mass is 344 g/mol. The Bertz CT molecular complexity index is 641. The van der Waals surface area contributed by atoms with Gasteiger partial charge in [0.25, 0.3) is 0 Å². The van der Waals surface area contributed by atoms with Crippen LogP contribution in [0.4, 0.5) is 13.2 Å². The number of rotatable bonds is 3. The molecule has 0 aliphatic carbocycles. The highest BCUT2D eigenvalue weighted by Crippen LogP contribution is 2.33. The summed E-state index contributed by atoms with van der Waals surface area (Å²) in [5, 5.41) is 10.4. The zero-order chi connectivity index (χ0) is 14.9. The summed E-state index contributed by atoms with van der Waals surface area (Å²) in [7, 11) is 0. The summed E-state index contributed by atoms with van der Waals surface area (Å²) in [5.41, 5.74) is -2.15. The number of hydrogen-bond donors (Lipinski definition) is 1. The Labute approximate surface area is 123 Å². The Kier molecular flexibility index (Phi) is 4.20. The molecule has 0 aromatic heterocycles. The largest absolute Gasteiger partial charge is 0.385 e. The fourth-order valence-electron chi connectivity index (χ4n) is 2.12. The SMILES string of the molecule is CC(O)(Cc1ccccc1F)c1c(F)ccc(Br)c1F. The van der Waals surface area contributed by atoms with E-state index in [4.69, 9.17) is 0 Å². The van der Waals surface area contributed by atoms with Gasteiger partial charge < -0.3 is 5.11 Å². The predicted octanol–water partition coefficient (Wildman–Crippen LogP) is 4.32. The smallest absolute Gasteiger partial charge is 0.146 e. The van der Waals surface area contributed by atoms with E-state index < -0.39 is 28.6 Å². The van der Waals surface area contributed by atoms with Crippen LogP contribution in [0.25, 0.3) is 0 Å². The highest BCUT2D eigenvalue weighted by atomic mass is 79.9. The van der Waals surface area contributed by atoms with Crippen molar-refractivity contribution < 1.29 is 18.3 Å². The van der Waals surface area contributed by atoms with Gasteiger partial charge in [0.05, 0.1) is 15.6 Å². The van der Waals surface area contributed by atoms with Gasteiger partial charge in [0, 0.05) is 6.42 Å². The van der Waals surface area contributed by atoms with Crippen molar-refractivity contribution in [3.63, 3.8) is 0 Å². The van der Waals surface area contributed by atoms with E-state index in [9.17, 15) is 18.3 Å². The molecule has 106 valence electrons. The van der Waals surface area contributed by atoms with Crippen molar-refractivity contribution in [3.05, 3.63) is 69.4 Å². The fourth-order valence-corrected chi connectivity index (χ4v) is 2.45. The Balaban J connectivity index is 2.46. The first-order valence-electron chi connectivity index (χ1n) is 5.92. The van der Waals surface area contributed by atoms with Crippen molar-refractivity contribution in [2.75, 3.05) is 0 Å². The van der Waals surface area contributed by atoms with Crippen molar-refractivity contribution in [3.8, 4) is 0 Å². The molecule has 1 atom stereocenters. The lowest BCUT2D eigenvalue weighted by molar-refractivity contribution is 0.0487. The summed E-state index contributed by atoms with van der Waals surface area (Å²) in [6, 6.07) is 8.08. The molecule has 0 saturated carbocycles. The Morgan fingerprint density at radius 2 is 1.70 bits per heavy atom. The van der Waals surface area contributed by atoms with Crippen LogP contribution in [0, 0.1) is 17.5 Å². The average Bonchev–Trinajstić information content (AvgIpc) is 2.37. The summed E-state index contributed by atoms with van der Waals surface area (Å²) in [4.78, 5) is 0. The van der Waals surface area contributed by atoms with Gasteiger partial charge in [-0.25, -0.2) is 13.2 Å². The highest BCUT2D eigenvalue weighted by molar-refractivity contribution is 9.10. The van der Waals surface area contributed by atoms with Crippen LogP contribution in [0.5, 0.6) is 0 Å². The topological polar surface area (TPSA) is 20.2 Å². The van der Waals surface area contributed by atoms with Crippen molar-refractivity contribution >= 4 is 15.9 Å². The summed E-state index contributed by atoms with van der Waals surface area (Å²) >= 11 is 2.95. The molecule has 0 bridgehead atoms. The number of benzene rings is 2. The lowest BCUT2D eigenvalue weighted by atomic mass is 9.88. The first-order chi connectivity index (χ1) is 9.33. The molecule has 0 aliphatic heterocycles. The summed E-state index contributed by atoms with van der Waals surface area (Å²) in [6.07, 6.45) is -0.232. The average molecular weight is 345 g/mol. The van der Waals surface area contributed by atoms with Crippen LogP contribution >= 0.6 is 15.9 Å². The Hall–Kier alpha value is -1.33. The third-order valence-corrected chi connectivity index (χ3v) is 3.69. The van der Waals surface area contributed by atoms with Gasteiger partial charge in [-0.2, -0.15) is 0 Å². The summed E-state index contributed by atoms with van der Waals surface area (Å²) < 4.78 is 41.5. The normalized spacial score (nSPS) is 14.1. The molecular formula is C15H12BrF3O. The third-order valence-electron chi connectivity index (χ3n) is 3.08. The second-order valence-electron chi connectivity index (χ2n) is 4.76. The van der Waals surface area contributed by atoms with Crippen LogP contribution in [0.3, 0.4) is 0 Å². The molecule has 2 aromatic rings. The van der Waals surface area contributed by atoms with Crippen LogP contribution in [0.15, 0.2) is 40.9 Å². The molecule has 0 fully saturated rings. The molecule has 0 aliphatic rings. The molecule has 0 heterocycles. The van der Waals surface area contributed by atoms with E-state index in [1.165, 1.54) is 31.2 Å². The van der Waals surface area contributed by atoms with Gasteiger partial charge in [-0.05, 0) is 46.6 Å². The van der Waals surface area contributed by atoms with E-state index in [2.05, 4.69) is 15.9 Å². The van der Waals surface area contributed by atoms with Gasteiger partial charge in [-0.3, -0.25) is 0 Å². The first kappa shape index (κ1) is 15.1. The van der Waals surface area contributed by atoms with E-state index in [-0.39, 0.29) is 16.5 Å². The van der Waals surface area contributed by atoms with Crippen molar-refractivity contribution in [1.82, 2.24) is 0 Å². The maximum absolute atomic E-state index is 14.0. The number of halogens is 4. The van der Waals surface area contributed by atoms with E-state index in [1.807, 2.05) is 0 Å². The molecule has 2 rings (SSSR count). The zero-order valence-corrected chi connectivity index (χ0v) is 12.2. The van der Waals surface area contributed by atoms with Gasteiger partial charge in [-0.1, -0.05) is 18.2 Å². The molecule has 20 heavy (non-hydrogen) atoms. The van der Waals surface area contributed by atoms with Crippen LogP contribution in [0.1, 0.15) is 18.1 Å². The Morgan fingerprint density at radius 1 is 1.05 bits per heavy atom. The molecule has 0 amide bonds. The minimum atomic E-state index is -1.86. The number of aliphatic hydroxyl groups is 1. The fraction of sp³-hybridized carbons (Fsp3) is 0.200. The van der Waals surface area contributed by atoms with Gasteiger partial charge in [0.2, 0.25) is 0 Å². The minimum absolute atomic E-state index is 0.0442. The Morgan fingerprint density at radius 3 is 2.35 bits per heavy atom. The quantitative estimate of drug-likeness (QED) is 0.822. The summed E-state index contributed by atoms with van der Waals surface area (Å²) in [6.45, 7) is 1.26. The van der Waals surface area contributed by atoms with Crippen molar-refractivity contribution in [1.29, 1.82) is 0 Å². The van der Waals surface area contributed by atoms with E-state index in [1.54, 1.807) is 6.07 Å². The van der Waals surface area contributed by atoms with E-state index >= 15 is 0 Å². The van der Waals surface area contributed by atoms with Gasteiger partial charge >= 0.3 is 0 Å². The number of hydrogen-bond acceptors (Lipinski definition) is 1. The van der Waals surface area contributed by atoms with Crippen molar-refractivity contribution in [2.24, 2.45) is 0 Å². The predicted molar refractivity (Wildman–Crippen MR) is 73.7 cm³/mol. The lowest BCUT2D eigenvalue weighted by Crippen LogP contribution is -2.28. The molecular weight excluding hydrogens is 333 g/mol.